The summed E-state index contributed by atoms with van der Waals surface area (Å²) in [5, 5.41) is 13.7. The molecule has 0 bridgehead atoms. The van der Waals surface area contributed by atoms with E-state index in [1.54, 1.807) is 5.41 Å². The Labute approximate surface area is 157 Å². The minimum atomic E-state index is -2.68. The van der Waals surface area contributed by atoms with Gasteiger partial charge in [-0.1, -0.05) is 26.7 Å². The van der Waals surface area contributed by atoms with Crippen molar-refractivity contribution in [1.29, 1.82) is 0 Å². The fraction of sp³-hybridized carbons (Fsp3) is 0.471. The fourth-order valence-electron chi connectivity index (χ4n) is 2.82. The van der Waals surface area contributed by atoms with E-state index in [1.165, 1.54) is 12.3 Å². The summed E-state index contributed by atoms with van der Waals surface area (Å²) < 4.78 is 22.3. The van der Waals surface area contributed by atoms with Crippen molar-refractivity contribution < 1.29 is 23.1 Å². The molecule has 144 valence electrons. The van der Waals surface area contributed by atoms with Crippen molar-refractivity contribution in [3.8, 4) is 0 Å². The molecule has 2 N–H and O–H groups in total. The summed E-state index contributed by atoms with van der Waals surface area (Å²) in [6.07, 6.45) is 5.17. The van der Waals surface area contributed by atoms with Gasteiger partial charge in [0.25, 0.3) is 5.24 Å². The van der Waals surface area contributed by atoms with E-state index in [-0.39, 0.29) is 22.7 Å². The molecule has 26 heavy (non-hydrogen) atoms. The number of carboxylic acids is 1. The molecule has 0 fully saturated rings. The molecule has 2 atom stereocenters. The van der Waals surface area contributed by atoms with E-state index in [1.807, 2.05) is 6.92 Å². The van der Waals surface area contributed by atoms with Gasteiger partial charge >= 0.3 is 5.97 Å². The molecule has 7 nitrogen and oxygen atoms in total. The molecular formula is C17H24N2O5S2. The number of carbonyl (C=O) groups is 2. The normalized spacial score (nSPS) is 18.3. The third kappa shape index (κ3) is 4.85. The van der Waals surface area contributed by atoms with Gasteiger partial charge in [0.2, 0.25) is 0 Å². The van der Waals surface area contributed by atoms with Crippen LogP contribution in [0.15, 0.2) is 22.6 Å². The highest BCUT2D eigenvalue weighted by atomic mass is 32.2. The highest BCUT2D eigenvalue weighted by Crippen LogP contribution is 2.50. The standard InChI is InChI=1S/C17H24N2O5S2/c1-3-5-6-12(4-2)19-17(22)25-9-11(10-26(23)24)13-7-14(16(20)21)18-8-15(13)25/h7-9,12,25-26H,3-6,10H2,1-2H3,(H,19,22)(H,20,21). The second-order valence-corrected chi connectivity index (χ2v) is 8.97. The van der Waals surface area contributed by atoms with Crippen LogP contribution in [0.5, 0.6) is 0 Å². The Bertz CT molecular complexity index is 796. The highest BCUT2D eigenvalue weighted by molar-refractivity contribution is 8.32. The van der Waals surface area contributed by atoms with Crippen LogP contribution in [0.25, 0.3) is 5.57 Å². The van der Waals surface area contributed by atoms with E-state index in [0.29, 0.717) is 16.0 Å². The monoisotopic (exact) mass is 400 g/mol. The predicted molar refractivity (Wildman–Crippen MR) is 104 cm³/mol. The van der Waals surface area contributed by atoms with Crippen LogP contribution in [0, 0.1) is 0 Å². The van der Waals surface area contributed by atoms with Crippen LogP contribution >= 0.6 is 10.9 Å². The molecule has 2 rings (SSSR count). The zero-order valence-electron chi connectivity index (χ0n) is 14.8. The summed E-state index contributed by atoms with van der Waals surface area (Å²) in [6, 6.07) is 1.43. The lowest BCUT2D eigenvalue weighted by Crippen LogP contribution is -2.32. The van der Waals surface area contributed by atoms with Crippen LogP contribution in [0.4, 0.5) is 4.79 Å². The minimum Gasteiger partial charge on any atom is -0.477 e. The van der Waals surface area contributed by atoms with Crippen molar-refractivity contribution in [3.05, 3.63) is 28.9 Å². The van der Waals surface area contributed by atoms with Gasteiger partial charge < -0.3 is 10.4 Å². The number of aromatic carboxylic acids is 1. The van der Waals surface area contributed by atoms with Crippen molar-refractivity contribution in [2.75, 3.05) is 5.75 Å². The maximum Gasteiger partial charge on any atom is 0.354 e. The van der Waals surface area contributed by atoms with E-state index in [9.17, 15) is 18.0 Å². The molecule has 0 aromatic carbocycles. The van der Waals surface area contributed by atoms with E-state index in [0.717, 1.165) is 25.7 Å². The number of amides is 1. The molecule has 1 aromatic heterocycles. The summed E-state index contributed by atoms with van der Waals surface area (Å²) in [6.45, 7) is 4.11. The summed E-state index contributed by atoms with van der Waals surface area (Å²) in [5.74, 6) is -1.41. The van der Waals surface area contributed by atoms with E-state index in [4.69, 9.17) is 5.11 Å². The quantitative estimate of drug-likeness (QED) is 0.499. The number of hydrogen-bond donors (Lipinski definition) is 4. The number of aromatic nitrogens is 1. The average molecular weight is 401 g/mol. The predicted octanol–water partition coefficient (Wildman–Crippen LogP) is 2.78. The second kappa shape index (κ2) is 9.18. The smallest absolute Gasteiger partial charge is 0.354 e. The van der Waals surface area contributed by atoms with Gasteiger partial charge in [-0.3, -0.25) is 4.79 Å². The summed E-state index contributed by atoms with van der Waals surface area (Å²) in [5.41, 5.74) is 0.811. The first-order chi connectivity index (χ1) is 12.4. The fourth-order valence-corrected chi connectivity index (χ4v) is 5.49. The van der Waals surface area contributed by atoms with Gasteiger partial charge in [0, 0.05) is 17.1 Å². The molecule has 0 aliphatic carbocycles. The van der Waals surface area contributed by atoms with E-state index >= 15 is 0 Å². The van der Waals surface area contributed by atoms with Gasteiger partial charge in [-0.2, -0.15) is 0 Å². The molecule has 0 spiro atoms. The van der Waals surface area contributed by atoms with Gasteiger partial charge in [0.05, 0.1) is 5.75 Å². The molecule has 9 heteroatoms. The molecule has 1 amide bonds. The SMILES string of the molecule is CCCCC(CC)NC(=O)[SH]1C=C(C[SH](=O)=O)c2cc(C(=O)O)ncc21. The summed E-state index contributed by atoms with van der Waals surface area (Å²) in [7, 11) is -4.10. The number of pyridine rings is 1. The van der Waals surface area contributed by atoms with Gasteiger partial charge in [0.1, 0.15) is 16.4 Å². The molecule has 0 radical (unpaired) electrons. The Hall–Kier alpha value is -1.87. The van der Waals surface area contributed by atoms with Crippen molar-refractivity contribution in [2.45, 2.75) is 50.5 Å². The Balaban J connectivity index is 2.30. The Morgan fingerprint density at radius 3 is 2.65 bits per heavy atom. The number of fused-ring (bicyclic) bond motifs is 1. The van der Waals surface area contributed by atoms with Crippen molar-refractivity contribution in [2.24, 2.45) is 0 Å². The average Bonchev–Trinajstić information content (AvgIpc) is 2.95. The van der Waals surface area contributed by atoms with Crippen LogP contribution in [0.1, 0.15) is 55.6 Å². The number of nitrogens with zero attached hydrogens (tertiary/aromatic N) is 1. The number of rotatable bonds is 8. The van der Waals surface area contributed by atoms with E-state index < -0.39 is 27.6 Å². The van der Waals surface area contributed by atoms with Crippen LogP contribution in [0.3, 0.4) is 0 Å². The number of carboxylic acid groups (broad SMARTS) is 1. The topological polar surface area (TPSA) is 113 Å². The van der Waals surface area contributed by atoms with Crippen molar-refractivity contribution >= 4 is 38.4 Å². The molecule has 2 unspecified atom stereocenters. The Morgan fingerprint density at radius 1 is 1.35 bits per heavy atom. The molecular weight excluding hydrogens is 376 g/mol. The largest absolute Gasteiger partial charge is 0.477 e. The van der Waals surface area contributed by atoms with Gasteiger partial charge in [-0.15, -0.1) is 10.9 Å². The van der Waals surface area contributed by atoms with Crippen molar-refractivity contribution in [3.63, 3.8) is 0 Å². The summed E-state index contributed by atoms with van der Waals surface area (Å²) >= 11 is 0. The number of carbonyl (C=O) groups excluding carboxylic acids is 1. The zero-order chi connectivity index (χ0) is 19.3. The Morgan fingerprint density at radius 2 is 2.08 bits per heavy atom. The lowest BCUT2D eigenvalue weighted by atomic mass is 10.1. The van der Waals surface area contributed by atoms with Gasteiger partial charge in [-0.05, 0) is 35.5 Å². The molecule has 2 heterocycles. The second-order valence-electron chi connectivity index (χ2n) is 6.10. The van der Waals surface area contributed by atoms with Crippen LogP contribution in [-0.4, -0.2) is 41.5 Å². The molecule has 1 aliphatic rings. The zero-order valence-corrected chi connectivity index (χ0v) is 16.6. The maximum atomic E-state index is 12.8. The van der Waals surface area contributed by atoms with Crippen molar-refractivity contribution in [1.82, 2.24) is 10.3 Å². The molecule has 0 saturated carbocycles. The number of nitrogens with one attached hydrogen (secondary N) is 1. The number of unbranched alkanes of at least 4 members (excludes halogenated alkanes) is 1. The third-order valence-corrected chi connectivity index (χ3v) is 6.85. The molecule has 0 saturated heterocycles. The lowest BCUT2D eigenvalue weighted by Gasteiger charge is -2.21. The number of thiol groups is 2. The Kier molecular flexibility index (Phi) is 7.22. The maximum absolute atomic E-state index is 12.8. The van der Waals surface area contributed by atoms with Crippen LogP contribution in [0.2, 0.25) is 0 Å². The minimum absolute atomic E-state index is 0.0771. The summed E-state index contributed by atoms with van der Waals surface area (Å²) in [4.78, 5) is 28.4. The van der Waals surface area contributed by atoms with Crippen LogP contribution < -0.4 is 5.32 Å². The number of hydrogen-bond acceptors (Lipinski definition) is 5. The van der Waals surface area contributed by atoms with Gasteiger partial charge in [-0.25, -0.2) is 18.2 Å². The first-order valence-electron chi connectivity index (χ1n) is 8.53. The molecule has 1 aromatic rings. The third-order valence-electron chi connectivity index (χ3n) is 4.24. The highest BCUT2D eigenvalue weighted by Gasteiger charge is 2.28. The first kappa shape index (κ1) is 20.4. The van der Waals surface area contributed by atoms with Crippen LogP contribution in [-0.2, 0) is 10.7 Å². The van der Waals surface area contributed by atoms with E-state index in [2.05, 4.69) is 17.2 Å². The first-order valence-corrected chi connectivity index (χ1v) is 11.3. The lowest BCUT2D eigenvalue weighted by molar-refractivity contribution is 0.0690. The van der Waals surface area contributed by atoms with Gasteiger partial charge in [0.15, 0.2) is 0 Å². The molecule has 1 aliphatic heterocycles.